The minimum atomic E-state index is -0.120. The minimum Gasteiger partial charge on any atom is -0.497 e. The number of hydrogen-bond acceptors (Lipinski definition) is 7. The van der Waals surface area contributed by atoms with Gasteiger partial charge in [0.1, 0.15) is 28.7 Å². The first-order valence-electron chi connectivity index (χ1n) is 9.69. The van der Waals surface area contributed by atoms with Crippen molar-refractivity contribution in [3.05, 3.63) is 30.6 Å². The fraction of sp³-hybridized carbons (Fsp3) is 0.476. The van der Waals surface area contributed by atoms with Gasteiger partial charge in [-0.05, 0) is 18.3 Å². The van der Waals surface area contributed by atoms with Crippen molar-refractivity contribution in [1.82, 2.24) is 9.97 Å². The number of nitrogens with zero attached hydrogens (tertiary/aromatic N) is 3. The van der Waals surface area contributed by atoms with Crippen LogP contribution in [-0.4, -0.2) is 48.9 Å². The number of aromatic nitrogens is 2. The number of ether oxygens (including phenoxy) is 2. The first-order valence-corrected chi connectivity index (χ1v) is 10.7. The number of piperidine rings is 1. The quantitative estimate of drug-likeness (QED) is 0.545. The van der Waals surface area contributed by atoms with Gasteiger partial charge in [-0.3, -0.25) is 4.79 Å². The van der Waals surface area contributed by atoms with E-state index in [1.54, 1.807) is 38.7 Å². The molecule has 1 N–H and O–H groups in total. The Kier molecular flexibility index (Phi) is 7.19. The van der Waals surface area contributed by atoms with Crippen molar-refractivity contribution >= 4 is 29.2 Å². The van der Waals surface area contributed by atoms with Gasteiger partial charge in [0, 0.05) is 43.0 Å². The Morgan fingerprint density at radius 2 is 1.76 bits per heavy atom. The maximum atomic E-state index is 12.4. The van der Waals surface area contributed by atoms with Crippen LogP contribution >= 0.6 is 11.8 Å². The summed E-state index contributed by atoms with van der Waals surface area (Å²) < 4.78 is 10.5. The molecule has 0 radical (unpaired) electrons. The van der Waals surface area contributed by atoms with Crippen molar-refractivity contribution in [2.45, 2.75) is 25.3 Å². The van der Waals surface area contributed by atoms with Gasteiger partial charge in [-0.1, -0.05) is 25.6 Å². The van der Waals surface area contributed by atoms with Crippen LogP contribution in [-0.2, 0) is 4.79 Å². The summed E-state index contributed by atoms with van der Waals surface area (Å²) in [5.41, 5.74) is 0.631. The Hall–Kier alpha value is -2.48. The average molecular weight is 417 g/mol. The zero-order valence-electron chi connectivity index (χ0n) is 17.3. The maximum Gasteiger partial charge on any atom is 0.234 e. The third kappa shape index (κ3) is 6.00. The number of hydrogen-bond donors (Lipinski definition) is 1. The number of thioether (sulfide) groups is 1. The fourth-order valence-corrected chi connectivity index (χ4v) is 4.31. The van der Waals surface area contributed by atoms with Crippen LogP contribution in [0, 0.1) is 11.8 Å². The summed E-state index contributed by atoms with van der Waals surface area (Å²) in [4.78, 5) is 23.5. The molecule has 2 heterocycles. The van der Waals surface area contributed by atoms with Crippen molar-refractivity contribution in [3.8, 4) is 11.5 Å². The van der Waals surface area contributed by atoms with E-state index >= 15 is 0 Å². The lowest BCUT2D eigenvalue weighted by Crippen LogP contribution is -2.39. The minimum absolute atomic E-state index is 0.120. The molecule has 2 aromatic rings. The van der Waals surface area contributed by atoms with Crippen LogP contribution < -0.4 is 19.7 Å². The third-order valence-electron chi connectivity index (χ3n) is 4.81. The SMILES string of the molecule is COc1cc(NC(=O)CSc2cc(N3C[C@@H](C)C[C@H](C)C3)ncn2)cc(OC)c1. The van der Waals surface area contributed by atoms with E-state index in [-0.39, 0.29) is 11.7 Å². The smallest absolute Gasteiger partial charge is 0.234 e. The Morgan fingerprint density at radius 3 is 2.38 bits per heavy atom. The van der Waals surface area contributed by atoms with Crippen molar-refractivity contribution in [2.24, 2.45) is 11.8 Å². The summed E-state index contributed by atoms with van der Waals surface area (Å²) in [5.74, 6) is 3.61. The molecule has 29 heavy (non-hydrogen) atoms. The maximum absolute atomic E-state index is 12.4. The van der Waals surface area contributed by atoms with Gasteiger partial charge >= 0.3 is 0 Å². The lowest BCUT2D eigenvalue weighted by Gasteiger charge is -2.35. The third-order valence-corrected chi connectivity index (χ3v) is 5.73. The van der Waals surface area contributed by atoms with E-state index in [0.29, 0.717) is 29.0 Å². The number of methoxy groups -OCH3 is 2. The highest BCUT2D eigenvalue weighted by Gasteiger charge is 2.23. The van der Waals surface area contributed by atoms with Crippen molar-refractivity contribution in [1.29, 1.82) is 0 Å². The normalized spacial score (nSPS) is 19.0. The number of nitrogens with one attached hydrogen (secondary N) is 1. The van der Waals surface area contributed by atoms with Crippen LogP contribution in [0.1, 0.15) is 20.3 Å². The van der Waals surface area contributed by atoms with Crippen LogP contribution in [0.15, 0.2) is 35.6 Å². The number of rotatable bonds is 7. The average Bonchev–Trinajstić information content (AvgIpc) is 2.71. The summed E-state index contributed by atoms with van der Waals surface area (Å²) >= 11 is 1.40. The predicted octanol–water partition coefficient (Wildman–Crippen LogP) is 3.71. The molecule has 3 rings (SSSR count). The molecule has 1 saturated heterocycles. The molecule has 0 aliphatic carbocycles. The molecule has 0 spiro atoms. The zero-order chi connectivity index (χ0) is 20.8. The molecule has 1 aromatic carbocycles. The summed E-state index contributed by atoms with van der Waals surface area (Å²) in [6.07, 6.45) is 2.82. The number of benzene rings is 1. The Morgan fingerprint density at radius 1 is 1.10 bits per heavy atom. The van der Waals surface area contributed by atoms with Gasteiger partial charge in [-0.25, -0.2) is 9.97 Å². The van der Waals surface area contributed by atoms with E-state index in [1.807, 2.05) is 6.07 Å². The summed E-state index contributed by atoms with van der Waals surface area (Å²) in [5, 5.41) is 3.67. The van der Waals surface area contributed by atoms with E-state index in [0.717, 1.165) is 23.9 Å². The van der Waals surface area contributed by atoms with Gasteiger partial charge in [0.2, 0.25) is 5.91 Å². The Bertz CT molecular complexity index is 816. The molecule has 156 valence electrons. The van der Waals surface area contributed by atoms with Gasteiger partial charge in [-0.2, -0.15) is 0 Å². The molecule has 0 bridgehead atoms. The summed E-state index contributed by atoms with van der Waals surface area (Å²) in [6.45, 7) is 6.56. The lowest BCUT2D eigenvalue weighted by molar-refractivity contribution is -0.113. The molecule has 1 aliphatic heterocycles. The molecule has 0 saturated carbocycles. The van der Waals surface area contributed by atoms with Crippen molar-refractivity contribution < 1.29 is 14.3 Å². The number of carbonyl (C=O) groups is 1. The van der Waals surface area contributed by atoms with E-state index in [2.05, 4.69) is 34.0 Å². The lowest BCUT2D eigenvalue weighted by atomic mass is 9.92. The highest BCUT2D eigenvalue weighted by Crippen LogP contribution is 2.28. The van der Waals surface area contributed by atoms with Gasteiger partial charge in [0.25, 0.3) is 0 Å². The molecule has 0 unspecified atom stereocenters. The first kappa shape index (κ1) is 21.2. The van der Waals surface area contributed by atoms with Crippen LogP contribution in [0.5, 0.6) is 11.5 Å². The van der Waals surface area contributed by atoms with Gasteiger partial charge < -0.3 is 19.7 Å². The second-order valence-electron chi connectivity index (χ2n) is 7.50. The monoisotopic (exact) mass is 416 g/mol. The fourth-order valence-electron chi connectivity index (χ4n) is 3.65. The van der Waals surface area contributed by atoms with Gasteiger partial charge in [0.15, 0.2) is 0 Å². The van der Waals surface area contributed by atoms with Crippen LogP contribution in [0.3, 0.4) is 0 Å². The summed E-state index contributed by atoms with van der Waals surface area (Å²) in [6, 6.07) is 7.24. The zero-order valence-corrected chi connectivity index (χ0v) is 18.2. The van der Waals surface area contributed by atoms with Crippen LogP contribution in [0.4, 0.5) is 11.5 Å². The Labute approximate surface area is 176 Å². The van der Waals surface area contributed by atoms with E-state index in [9.17, 15) is 4.79 Å². The Balaban J connectivity index is 1.59. The number of carbonyl (C=O) groups excluding carboxylic acids is 1. The molecular weight excluding hydrogens is 388 g/mol. The van der Waals surface area contributed by atoms with Gasteiger partial charge in [0.05, 0.1) is 20.0 Å². The van der Waals surface area contributed by atoms with E-state index < -0.39 is 0 Å². The number of anilines is 2. The highest BCUT2D eigenvalue weighted by atomic mass is 32.2. The highest BCUT2D eigenvalue weighted by molar-refractivity contribution is 7.99. The molecule has 2 atom stereocenters. The number of amides is 1. The second kappa shape index (κ2) is 9.82. The second-order valence-corrected chi connectivity index (χ2v) is 8.50. The van der Waals surface area contributed by atoms with Crippen LogP contribution in [0.2, 0.25) is 0 Å². The molecule has 1 aromatic heterocycles. The molecule has 1 amide bonds. The molecule has 8 heteroatoms. The van der Waals surface area contributed by atoms with Crippen molar-refractivity contribution in [3.63, 3.8) is 0 Å². The van der Waals surface area contributed by atoms with Gasteiger partial charge in [-0.15, -0.1) is 0 Å². The predicted molar refractivity (Wildman–Crippen MR) is 116 cm³/mol. The molecular formula is C21H28N4O3S. The van der Waals surface area contributed by atoms with E-state index in [4.69, 9.17) is 9.47 Å². The van der Waals surface area contributed by atoms with Crippen LogP contribution in [0.25, 0.3) is 0 Å². The summed E-state index contributed by atoms with van der Waals surface area (Å²) in [7, 11) is 3.15. The topological polar surface area (TPSA) is 76.6 Å². The standard InChI is InChI=1S/C21H28N4O3S/c1-14-5-15(2)11-25(10-14)19-9-21(23-13-22-19)29-12-20(26)24-16-6-17(27-3)8-18(7-16)28-4/h6-9,13-15H,5,10-12H2,1-4H3,(H,24,26)/t14-,15-/m0/s1. The molecule has 1 fully saturated rings. The van der Waals surface area contributed by atoms with E-state index in [1.165, 1.54) is 18.2 Å². The first-order chi connectivity index (χ1) is 14.0. The largest absolute Gasteiger partial charge is 0.497 e. The molecule has 7 nitrogen and oxygen atoms in total. The van der Waals surface area contributed by atoms with Crippen molar-refractivity contribution in [2.75, 3.05) is 43.3 Å². The molecule has 1 aliphatic rings.